The smallest absolute Gasteiger partial charge is 0.336 e. The number of hydrogen-bond donors (Lipinski definition) is 2. The van der Waals surface area contributed by atoms with Gasteiger partial charge in [0.1, 0.15) is 5.58 Å². The van der Waals surface area contributed by atoms with Gasteiger partial charge in [-0.1, -0.05) is 29.3 Å². The summed E-state index contributed by atoms with van der Waals surface area (Å²) in [5.74, 6) is 0. The average Bonchev–Trinajstić information content (AvgIpc) is 2.97. The lowest BCUT2D eigenvalue weighted by molar-refractivity contribution is 0.560. The quantitative estimate of drug-likeness (QED) is 0.269. The average molecular weight is 487 g/mol. The largest absolute Gasteiger partial charge is 0.423 e. The highest BCUT2D eigenvalue weighted by Gasteiger charge is 2.14. The predicted molar refractivity (Wildman–Crippen MR) is 134 cm³/mol. The Bertz CT molecular complexity index is 1410. The third-order valence-electron chi connectivity index (χ3n) is 5.16. The van der Waals surface area contributed by atoms with Crippen molar-refractivity contribution in [3.05, 3.63) is 85.4 Å². The second-order valence-corrected chi connectivity index (χ2v) is 8.73. The molecule has 0 aliphatic carbocycles. The zero-order valence-electron chi connectivity index (χ0n) is 17.6. The number of anilines is 2. The van der Waals surface area contributed by atoms with Crippen LogP contribution in [-0.4, -0.2) is 14.9 Å². The molecule has 0 atom stereocenters. The van der Waals surface area contributed by atoms with E-state index in [2.05, 4.69) is 15.7 Å². The number of halogens is 2. The molecule has 4 aromatic rings. The van der Waals surface area contributed by atoms with Gasteiger partial charge in [0.15, 0.2) is 5.11 Å². The standard InChI is InChI=1S/C23H20Cl2N4O2S/c1-12-8-21(30)31-20-10-17(6-7-18(12)20)26-23(32)27-22-13(2)28-29(14(22)3)11-15-4-5-16(24)9-19(15)25/h4-10H,11H2,1-3H3,(H2,26,27,32). The molecule has 0 aliphatic heterocycles. The Hall–Kier alpha value is -2.87. The van der Waals surface area contributed by atoms with E-state index in [9.17, 15) is 4.79 Å². The summed E-state index contributed by atoms with van der Waals surface area (Å²) in [7, 11) is 0. The van der Waals surface area contributed by atoms with E-state index in [1.165, 1.54) is 6.07 Å². The topological polar surface area (TPSA) is 72.1 Å². The molecule has 0 saturated heterocycles. The highest BCUT2D eigenvalue weighted by molar-refractivity contribution is 7.80. The van der Waals surface area contributed by atoms with Crippen molar-refractivity contribution in [2.24, 2.45) is 0 Å². The summed E-state index contributed by atoms with van der Waals surface area (Å²) in [6, 6.07) is 12.4. The van der Waals surface area contributed by atoms with Crippen molar-refractivity contribution in [1.82, 2.24) is 9.78 Å². The third kappa shape index (κ3) is 4.65. The minimum Gasteiger partial charge on any atom is -0.423 e. The van der Waals surface area contributed by atoms with Crippen LogP contribution in [0.25, 0.3) is 11.0 Å². The van der Waals surface area contributed by atoms with Crippen molar-refractivity contribution < 1.29 is 4.42 Å². The number of benzene rings is 2. The van der Waals surface area contributed by atoms with E-state index in [1.54, 1.807) is 18.2 Å². The van der Waals surface area contributed by atoms with Crippen molar-refractivity contribution in [3.8, 4) is 0 Å². The number of nitrogens with one attached hydrogen (secondary N) is 2. The summed E-state index contributed by atoms with van der Waals surface area (Å²) in [6.07, 6.45) is 0. The molecule has 6 nitrogen and oxygen atoms in total. The number of aromatic nitrogens is 2. The lowest BCUT2D eigenvalue weighted by atomic mass is 10.1. The SMILES string of the molecule is Cc1nn(Cc2ccc(Cl)cc2Cl)c(C)c1NC(=S)Nc1ccc2c(C)cc(=O)oc2c1. The van der Waals surface area contributed by atoms with Gasteiger partial charge in [0.2, 0.25) is 0 Å². The normalized spacial score (nSPS) is 11.0. The Labute approximate surface area is 200 Å². The molecular weight excluding hydrogens is 467 g/mol. The third-order valence-corrected chi connectivity index (χ3v) is 5.96. The van der Waals surface area contributed by atoms with E-state index < -0.39 is 0 Å². The van der Waals surface area contributed by atoms with Crippen LogP contribution < -0.4 is 16.3 Å². The van der Waals surface area contributed by atoms with E-state index in [0.717, 1.165) is 33.6 Å². The Morgan fingerprint density at radius 1 is 1.09 bits per heavy atom. The molecule has 0 amide bonds. The van der Waals surface area contributed by atoms with Gasteiger partial charge >= 0.3 is 5.63 Å². The van der Waals surface area contributed by atoms with Crippen molar-refractivity contribution >= 4 is 62.9 Å². The Kier molecular flexibility index (Phi) is 6.24. The fraction of sp³-hybridized carbons (Fsp3) is 0.174. The van der Waals surface area contributed by atoms with Crippen molar-refractivity contribution in [2.75, 3.05) is 10.6 Å². The molecule has 0 bridgehead atoms. The van der Waals surface area contributed by atoms with Gasteiger partial charge in [0, 0.05) is 33.3 Å². The van der Waals surface area contributed by atoms with Crippen molar-refractivity contribution in [2.45, 2.75) is 27.3 Å². The monoisotopic (exact) mass is 486 g/mol. The fourth-order valence-corrected chi connectivity index (χ4v) is 4.21. The Morgan fingerprint density at radius 3 is 2.62 bits per heavy atom. The van der Waals surface area contributed by atoms with Gasteiger partial charge in [-0.2, -0.15) is 5.10 Å². The maximum Gasteiger partial charge on any atom is 0.336 e. The van der Waals surface area contributed by atoms with Crippen LogP contribution >= 0.6 is 35.4 Å². The number of fused-ring (bicyclic) bond motifs is 1. The molecule has 2 aromatic heterocycles. The predicted octanol–water partition coefficient (Wildman–Crippen LogP) is 6.08. The first-order chi connectivity index (χ1) is 15.2. The summed E-state index contributed by atoms with van der Waals surface area (Å²) in [6.45, 7) is 6.25. The molecule has 0 saturated carbocycles. The molecule has 0 fully saturated rings. The van der Waals surface area contributed by atoms with Crippen LogP contribution in [0.3, 0.4) is 0 Å². The van der Waals surface area contributed by atoms with Crippen molar-refractivity contribution in [1.29, 1.82) is 0 Å². The van der Waals surface area contributed by atoms with Crippen LogP contribution in [-0.2, 0) is 6.54 Å². The molecule has 0 radical (unpaired) electrons. The van der Waals surface area contributed by atoms with Crippen LogP contribution in [0, 0.1) is 20.8 Å². The first kappa shape index (κ1) is 22.3. The van der Waals surface area contributed by atoms with Gasteiger partial charge in [-0.3, -0.25) is 4.68 Å². The first-order valence-corrected chi connectivity index (χ1v) is 11.0. The molecule has 2 N–H and O–H groups in total. The number of nitrogens with zero attached hydrogens (tertiary/aromatic N) is 2. The maximum absolute atomic E-state index is 11.7. The van der Waals surface area contributed by atoms with E-state index in [-0.39, 0.29) is 5.63 Å². The summed E-state index contributed by atoms with van der Waals surface area (Å²) in [4.78, 5) is 11.7. The van der Waals surface area contributed by atoms with Crippen LogP contribution in [0.2, 0.25) is 10.0 Å². The van der Waals surface area contributed by atoms with E-state index in [1.807, 2.05) is 43.7 Å². The Morgan fingerprint density at radius 2 is 1.88 bits per heavy atom. The molecule has 32 heavy (non-hydrogen) atoms. The summed E-state index contributed by atoms with van der Waals surface area (Å²) in [5, 5.41) is 13.4. The van der Waals surface area contributed by atoms with Crippen molar-refractivity contribution in [3.63, 3.8) is 0 Å². The molecule has 4 rings (SSSR count). The Balaban J connectivity index is 1.52. The second kappa shape index (κ2) is 8.94. The molecule has 0 spiro atoms. The molecule has 9 heteroatoms. The minimum atomic E-state index is -0.382. The number of thiocarbonyl (C=S) groups is 1. The molecule has 0 unspecified atom stereocenters. The van der Waals surface area contributed by atoms with Crippen LogP contribution in [0.15, 0.2) is 51.7 Å². The van der Waals surface area contributed by atoms with Gasteiger partial charge < -0.3 is 15.1 Å². The van der Waals surface area contributed by atoms with Gasteiger partial charge in [0.05, 0.1) is 23.6 Å². The zero-order valence-corrected chi connectivity index (χ0v) is 20.0. The highest BCUT2D eigenvalue weighted by atomic mass is 35.5. The number of aryl methyl sites for hydroxylation is 2. The maximum atomic E-state index is 11.7. The second-order valence-electron chi connectivity index (χ2n) is 7.48. The van der Waals surface area contributed by atoms with E-state index >= 15 is 0 Å². The summed E-state index contributed by atoms with van der Waals surface area (Å²) in [5.41, 5.74) is 5.14. The molecule has 164 valence electrons. The fourth-order valence-electron chi connectivity index (χ4n) is 3.52. The van der Waals surface area contributed by atoms with Crippen LogP contribution in [0.4, 0.5) is 11.4 Å². The lowest BCUT2D eigenvalue weighted by Crippen LogP contribution is -2.20. The molecule has 2 aromatic carbocycles. The van der Waals surface area contributed by atoms with Crippen LogP contribution in [0.5, 0.6) is 0 Å². The van der Waals surface area contributed by atoms with E-state index in [4.69, 9.17) is 39.8 Å². The summed E-state index contributed by atoms with van der Waals surface area (Å²) < 4.78 is 7.17. The van der Waals surface area contributed by atoms with Gasteiger partial charge in [-0.25, -0.2) is 4.79 Å². The van der Waals surface area contributed by atoms with Gasteiger partial charge in [-0.15, -0.1) is 0 Å². The lowest BCUT2D eigenvalue weighted by Gasteiger charge is -2.12. The molecule has 2 heterocycles. The van der Waals surface area contributed by atoms with Gasteiger partial charge in [-0.05, 0) is 68.4 Å². The molecular formula is C23H20Cl2N4O2S. The zero-order chi connectivity index (χ0) is 23.0. The van der Waals surface area contributed by atoms with Crippen LogP contribution in [0.1, 0.15) is 22.5 Å². The number of hydrogen-bond acceptors (Lipinski definition) is 4. The number of rotatable bonds is 4. The first-order valence-electron chi connectivity index (χ1n) is 9.81. The summed E-state index contributed by atoms with van der Waals surface area (Å²) >= 11 is 17.8. The van der Waals surface area contributed by atoms with Gasteiger partial charge in [0.25, 0.3) is 0 Å². The van der Waals surface area contributed by atoms with E-state index in [0.29, 0.717) is 33.0 Å². The minimum absolute atomic E-state index is 0.382. The molecule has 0 aliphatic rings. The highest BCUT2D eigenvalue weighted by Crippen LogP contribution is 2.26.